The monoisotopic (exact) mass is 303 g/mol. The predicted octanol–water partition coefficient (Wildman–Crippen LogP) is 2.82. The van der Waals surface area contributed by atoms with Crippen molar-refractivity contribution in [1.29, 1.82) is 0 Å². The molecule has 1 amide bonds. The number of thioether (sulfide) groups is 1. The van der Waals surface area contributed by atoms with Crippen molar-refractivity contribution in [2.45, 2.75) is 12.5 Å². The van der Waals surface area contributed by atoms with Crippen LogP contribution in [0, 0.1) is 5.82 Å². The fraction of sp³-hybridized carbons (Fsp3) is 0.364. The summed E-state index contributed by atoms with van der Waals surface area (Å²) in [5.74, 6) is 1.40. The molecule has 2 rings (SSSR count). The number of carbonyl (C=O) groups is 1. The smallest absolute Gasteiger partial charge is 0.252 e. The third kappa shape index (κ3) is 2.58. The van der Waals surface area contributed by atoms with Crippen molar-refractivity contribution >= 4 is 33.6 Å². The zero-order chi connectivity index (χ0) is 11.5. The van der Waals surface area contributed by atoms with E-state index in [2.05, 4.69) is 21.2 Å². The molecule has 1 aliphatic heterocycles. The molecule has 1 fully saturated rings. The molecule has 0 saturated carbocycles. The van der Waals surface area contributed by atoms with E-state index >= 15 is 0 Å². The Hall–Kier alpha value is -0.550. The molecule has 16 heavy (non-hydrogen) atoms. The van der Waals surface area contributed by atoms with Crippen LogP contribution in [0.25, 0.3) is 0 Å². The lowest BCUT2D eigenvalue weighted by molar-refractivity contribution is 0.0940. The van der Waals surface area contributed by atoms with Gasteiger partial charge in [-0.1, -0.05) is 6.07 Å². The summed E-state index contributed by atoms with van der Waals surface area (Å²) in [5, 5.41) is 2.91. The average molecular weight is 304 g/mol. The molecule has 0 spiro atoms. The Bertz CT molecular complexity index is 407. The standard InChI is InChI=1S/C11H11BrFNOS/c12-10-8(2-1-3-9(10)13)11(15)14-7-4-5-16-6-7/h1-3,7H,4-6H2,(H,14,15). The Morgan fingerprint density at radius 3 is 3.06 bits per heavy atom. The summed E-state index contributed by atoms with van der Waals surface area (Å²) in [7, 11) is 0. The molecule has 1 unspecified atom stereocenters. The minimum atomic E-state index is -0.409. The van der Waals surface area contributed by atoms with Gasteiger partial charge in [0.2, 0.25) is 0 Å². The van der Waals surface area contributed by atoms with Gasteiger partial charge in [0.15, 0.2) is 0 Å². The highest BCUT2D eigenvalue weighted by atomic mass is 79.9. The van der Waals surface area contributed by atoms with Gasteiger partial charge in [-0.3, -0.25) is 4.79 Å². The Kier molecular flexibility index (Phi) is 3.86. The number of benzene rings is 1. The van der Waals surface area contributed by atoms with Crippen molar-refractivity contribution in [3.8, 4) is 0 Å². The first-order valence-corrected chi connectivity index (χ1v) is 6.96. The molecule has 1 N–H and O–H groups in total. The lowest BCUT2D eigenvalue weighted by Crippen LogP contribution is -2.34. The van der Waals surface area contributed by atoms with E-state index in [0.29, 0.717) is 5.56 Å². The van der Waals surface area contributed by atoms with E-state index in [1.165, 1.54) is 6.07 Å². The van der Waals surface area contributed by atoms with Crippen LogP contribution >= 0.6 is 27.7 Å². The third-order valence-electron chi connectivity index (χ3n) is 2.46. The van der Waals surface area contributed by atoms with E-state index in [0.717, 1.165) is 17.9 Å². The Balaban J connectivity index is 2.11. The van der Waals surface area contributed by atoms with Gasteiger partial charge in [-0.05, 0) is 40.2 Å². The fourth-order valence-electron chi connectivity index (χ4n) is 1.59. The van der Waals surface area contributed by atoms with Crippen molar-refractivity contribution < 1.29 is 9.18 Å². The van der Waals surface area contributed by atoms with E-state index in [1.807, 2.05) is 11.8 Å². The maximum atomic E-state index is 13.2. The predicted molar refractivity (Wildman–Crippen MR) is 67.3 cm³/mol. The quantitative estimate of drug-likeness (QED) is 0.910. The molecule has 1 aromatic rings. The average Bonchev–Trinajstić information content (AvgIpc) is 2.74. The largest absolute Gasteiger partial charge is 0.348 e. The molecule has 1 atom stereocenters. The second-order valence-corrected chi connectivity index (χ2v) is 5.58. The maximum Gasteiger partial charge on any atom is 0.252 e. The summed E-state index contributed by atoms with van der Waals surface area (Å²) in [6, 6.07) is 4.70. The number of hydrogen-bond donors (Lipinski definition) is 1. The number of amides is 1. The molecule has 0 aliphatic carbocycles. The van der Waals surface area contributed by atoms with Crippen LogP contribution in [0.5, 0.6) is 0 Å². The van der Waals surface area contributed by atoms with Gasteiger partial charge in [-0.15, -0.1) is 0 Å². The zero-order valence-corrected chi connectivity index (χ0v) is 10.9. The molecule has 86 valence electrons. The van der Waals surface area contributed by atoms with Gasteiger partial charge in [-0.2, -0.15) is 11.8 Å². The highest BCUT2D eigenvalue weighted by Gasteiger charge is 2.20. The Morgan fingerprint density at radius 1 is 1.56 bits per heavy atom. The zero-order valence-electron chi connectivity index (χ0n) is 8.50. The van der Waals surface area contributed by atoms with Gasteiger partial charge >= 0.3 is 0 Å². The van der Waals surface area contributed by atoms with Crippen LogP contribution in [0.2, 0.25) is 0 Å². The van der Waals surface area contributed by atoms with Gasteiger partial charge in [0.1, 0.15) is 5.82 Å². The summed E-state index contributed by atoms with van der Waals surface area (Å²) >= 11 is 4.92. The molecular formula is C11H11BrFNOS. The second-order valence-electron chi connectivity index (χ2n) is 3.64. The Labute approximate surface area is 106 Å². The van der Waals surface area contributed by atoms with Crippen LogP contribution in [0.15, 0.2) is 22.7 Å². The maximum absolute atomic E-state index is 13.2. The first-order valence-electron chi connectivity index (χ1n) is 5.01. The van der Waals surface area contributed by atoms with E-state index in [-0.39, 0.29) is 16.4 Å². The van der Waals surface area contributed by atoms with Crippen molar-refractivity contribution in [3.05, 3.63) is 34.1 Å². The van der Waals surface area contributed by atoms with Crippen molar-refractivity contribution in [2.75, 3.05) is 11.5 Å². The van der Waals surface area contributed by atoms with Crippen molar-refractivity contribution in [2.24, 2.45) is 0 Å². The highest BCUT2D eigenvalue weighted by Crippen LogP contribution is 2.22. The molecule has 0 bridgehead atoms. The third-order valence-corrected chi connectivity index (χ3v) is 4.43. The molecule has 1 aromatic carbocycles. The molecule has 0 aromatic heterocycles. The fourth-order valence-corrected chi connectivity index (χ4v) is 3.19. The van der Waals surface area contributed by atoms with E-state index in [9.17, 15) is 9.18 Å². The molecule has 0 radical (unpaired) electrons. The number of halogens is 2. The lowest BCUT2D eigenvalue weighted by Gasteiger charge is -2.12. The van der Waals surface area contributed by atoms with E-state index < -0.39 is 5.82 Å². The summed E-state index contributed by atoms with van der Waals surface area (Å²) < 4.78 is 13.5. The summed E-state index contributed by atoms with van der Waals surface area (Å²) in [6.45, 7) is 0. The van der Waals surface area contributed by atoms with Crippen LogP contribution in [-0.2, 0) is 0 Å². The van der Waals surface area contributed by atoms with Crippen LogP contribution in [-0.4, -0.2) is 23.5 Å². The van der Waals surface area contributed by atoms with Crippen LogP contribution in [0.4, 0.5) is 4.39 Å². The normalized spacial score (nSPS) is 19.8. The summed E-state index contributed by atoms with van der Waals surface area (Å²) in [6.07, 6.45) is 0.989. The number of nitrogens with one attached hydrogen (secondary N) is 1. The minimum absolute atomic E-state index is 0.209. The molecular weight excluding hydrogens is 293 g/mol. The molecule has 1 heterocycles. The number of hydrogen-bond acceptors (Lipinski definition) is 2. The van der Waals surface area contributed by atoms with Gasteiger partial charge < -0.3 is 5.32 Å². The summed E-state index contributed by atoms with van der Waals surface area (Å²) in [5.41, 5.74) is 0.358. The van der Waals surface area contributed by atoms with Gasteiger partial charge in [0.25, 0.3) is 5.91 Å². The van der Waals surface area contributed by atoms with Crippen LogP contribution < -0.4 is 5.32 Å². The first-order chi connectivity index (χ1) is 7.68. The van der Waals surface area contributed by atoms with E-state index in [1.54, 1.807) is 12.1 Å². The van der Waals surface area contributed by atoms with Crippen LogP contribution in [0.1, 0.15) is 16.8 Å². The molecule has 1 saturated heterocycles. The SMILES string of the molecule is O=C(NC1CCSC1)c1cccc(F)c1Br. The minimum Gasteiger partial charge on any atom is -0.348 e. The molecule has 5 heteroatoms. The Morgan fingerprint density at radius 2 is 2.38 bits per heavy atom. The first kappa shape index (κ1) is 11.9. The van der Waals surface area contributed by atoms with Crippen molar-refractivity contribution in [3.63, 3.8) is 0 Å². The second kappa shape index (κ2) is 5.19. The van der Waals surface area contributed by atoms with Crippen molar-refractivity contribution in [1.82, 2.24) is 5.32 Å². The van der Waals surface area contributed by atoms with Crippen LogP contribution in [0.3, 0.4) is 0 Å². The topological polar surface area (TPSA) is 29.1 Å². The van der Waals surface area contributed by atoms with Gasteiger partial charge in [0.05, 0.1) is 10.0 Å². The lowest BCUT2D eigenvalue weighted by atomic mass is 10.2. The number of carbonyl (C=O) groups excluding carboxylic acids is 1. The highest BCUT2D eigenvalue weighted by molar-refractivity contribution is 9.10. The van der Waals surface area contributed by atoms with Gasteiger partial charge in [-0.25, -0.2) is 4.39 Å². The number of rotatable bonds is 2. The van der Waals surface area contributed by atoms with Gasteiger partial charge in [0, 0.05) is 11.8 Å². The molecule has 1 aliphatic rings. The summed E-state index contributed by atoms with van der Waals surface area (Å²) in [4.78, 5) is 11.9. The molecule has 2 nitrogen and oxygen atoms in total. The van der Waals surface area contributed by atoms with E-state index in [4.69, 9.17) is 0 Å².